The van der Waals surface area contributed by atoms with Crippen LogP contribution in [0.25, 0.3) is 11.1 Å². The van der Waals surface area contributed by atoms with Crippen molar-refractivity contribution in [2.75, 3.05) is 0 Å². The van der Waals surface area contributed by atoms with Crippen molar-refractivity contribution in [3.05, 3.63) is 72.3 Å². The summed E-state index contributed by atoms with van der Waals surface area (Å²) in [5.41, 5.74) is 3.03. The van der Waals surface area contributed by atoms with Crippen LogP contribution in [0.3, 0.4) is 0 Å². The molecule has 0 spiro atoms. The highest BCUT2D eigenvalue weighted by Gasteiger charge is 2.25. The molecule has 0 fully saturated rings. The average molecular weight is 296 g/mol. The van der Waals surface area contributed by atoms with Crippen molar-refractivity contribution in [2.24, 2.45) is 0 Å². The number of esters is 1. The molecule has 0 bridgehead atoms. The van der Waals surface area contributed by atoms with Gasteiger partial charge in [0.25, 0.3) is 0 Å². The third kappa shape index (κ3) is 3.62. The van der Waals surface area contributed by atoms with E-state index < -0.39 is 18.2 Å². The molecule has 114 valence electrons. The van der Waals surface area contributed by atoms with Crippen molar-refractivity contribution in [2.45, 2.75) is 26.1 Å². The number of hydrogen-bond donors (Lipinski definition) is 1. The quantitative estimate of drug-likeness (QED) is 0.672. The Labute approximate surface area is 130 Å². The van der Waals surface area contributed by atoms with Gasteiger partial charge < -0.3 is 9.84 Å². The SMILES string of the molecule is C=C(C)C(=O)OC(c1ccccc1-c1ccccc1)C(C)O. The summed E-state index contributed by atoms with van der Waals surface area (Å²) in [5.74, 6) is -0.506. The van der Waals surface area contributed by atoms with E-state index in [9.17, 15) is 9.90 Å². The lowest BCUT2D eigenvalue weighted by molar-refractivity contribution is -0.150. The first kappa shape index (κ1) is 16.0. The van der Waals surface area contributed by atoms with E-state index in [2.05, 4.69) is 6.58 Å². The van der Waals surface area contributed by atoms with Gasteiger partial charge in [-0.3, -0.25) is 0 Å². The van der Waals surface area contributed by atoms with Gasteiger partial charge in [0.2, 0.25) is 0 Å². The predicted molar refractivity (Wildman–Crippen MR) is 87.2 cm³/mol. The van der Waals surface area contributed by atoms with Crippen molar-refractivity contribution in [1.29, 1.82) is 0 Å². The van der Waals surface area contributed by atoms with Gasteiger partial charge in [-0.05, 0) is 25.0 Å². The maximum Gasteiger partial charge on any atom is 0.333 e. The van der Waals surface area contributed by atoms with E-state index in [0.717, 1.165) is 16.7 Å². The lowest BCUT2D eigenvalue weighted by Crippen LogP contribution is -2.22. The molecule has 0 aliphatic carbocycles. The molecule has 2 aromatic carbocycles. The van der Waals surface area contributed by atoms with Crippen molar-refractivity contribution < 1.29 is 14.6 Å². The van der Waals surface area contributed by atoms with E-state index in [1.54, 1.807) is 13.8 Å². The van der Waals surface area contributed by atoms with Crippen molar-refractivity contribution >= 4 is 5.97 Å². The second-order valence-corrected chi connectivity index (χ2v) is 5.30. The first-order valence-corrected chi connectivity index (χ1v) is 7.19. The fourth-order valence-corrected chi connectivity index (χ4v) is 2.26. The Morgan fingerprint density at radius 2 is 1.68 bits per heavy atom. The Balaban J connectivity index is 2.45. The van der Waals surface area contributed by atoms with E-state index in [1.165, 1.54) is 0 Å². The van der Waals surface area contributed by atoms with E-state index in [-0.39, 0.29) is 0 Å². The number of carbonyl (C=O) groups is 1. The second kappa shape index (κ2) is 7.05. The summed E-state index contributed by atoms with van der Waals surface area (Å²) in [6, 6.07) is 17.4. The maximum atomic E-state index is 11.8. The summed E-state index contributed by atoms with van der Waals surface area (Å²) >= 11 is 0. The summed E-state index contributed by atoms with van der Waals surface area (Å²) in [6.07, 6.45) is -1.56. The summed E-state index contributed by atoms with van der Waals surface area (Å²) in [6.45, 7) is 6.78. The summed E-state index contributed by atoms with van der Waals surface area (Å²) < 4.78 is 5.43. The van der Waals surface area contributed by atoms with Gasteiger partial charge in [-0.25, -0.2) is 4.79 Å². The van der Waals surface area contributed by atoms with Gasteiger partial charge in [0.05, 0.1) is 6.10 Å². The van der Waals surface area contributed by atoms with Crippen LogP contribution >= 0.6 is 0 Å². The molecule has 2 rings (SSSR count). The molecule has 0 aliphatic heterocycles. The lowest BCUT2D eigenvalue weighted by Gasteiger charge is -2.23. The monoisotopic (exact) mass is 296 g/mol. The zero-order chi connectivity index (χ0) is 16.1. The highest BCUT2D eigenvalue weighted by atomic mass is 16.6. The number of benzene rings is 2. The van der Waals surface area contributed by atoms with E-state index in [4.69, 9.17) is 4.74 Å². The van der Waals surface area contributed by atoms with Crippen LogP contribution in [0.2, 0.25) is 0 Å². The molecule has 0 saturated carbocycles. The number of rotatable bonds is 5. The third-order valence-electron chi connectivity index (χ3n) is 3.37. The van der Waals surface area contributed by atoms with Crippen LogP contribution in [0.5, 0.6) is 0 Å². The largest absolute Gasteiger partial charge is 0.451 e. The third-order valence-corrected chi connectivity index (χ3v) is 3.37. The van der Waals surface area contributed by atoms with Gasteiger partial charge in [-0.15, -0.1) is 0 Å². The Bertz CT molecular complexity index is 659. The summed E-state index contributed by atoms with van der Waals surface area (Å²) in [4.78, 5) is 11.8. The van der Waals surface area contributed by atoms with Crippen LogP contribution in [0.15, 0.2) is 66.7 Å². The number of aliphatic hydroxyl groups is 1. The van der Waals surface area contributed by atoms with Gasteiger partial charge in [0.15, 0.2) is 6.10 Å². The number of carbonyl (C=O) groups excluding carboxylic acids is 1. The Morgan fingerprint density at radius 1 is 1.09 bits per heavy atom. The zero-order valence-electron chi connectivity index (χ0n) is 12.8. The van der Waals surface area contributed by atoms with Crippen molar-refractivity contribution in [3.63, 3.8) is 0 Å². The molecule has 2 atom stereocenters. The van der Waals surface area contributed by atoms with Crippen molar-refractivity contribution in [1.82, 2.24) is 0 Å². The molecule has 22 heavy (non-hydrogen) atoms. The van der Waals surface area contributed by atoms with Crippen molar-refractivity contribution in [3.8, 4) is 11.1 Å². The molecular weight excluding hydrogens is 276 g/mol. The van der Waals surface area contributed by atoms with Crippen LogP contribution in [-0.2, 0) is 9.53 Å². The number of aliphatic hydroxyl groups excluding tert-OH is 1. The topological polar surface area (TPSA) is 46.5 Å². The molecule has 0 aromatic heterocycles. The smallest absolute Gasteiger partial charge is 0.333 e. The standard InChI is InChI=1S/C19H20O3/c1-13(2)19(21)22-18(14(3)20)17-12-8-7-11-16(17)15-9-5-4-6-10-15/h4-12,14,18,20H,1H2,2-3H3. The van der Waals surface area contributed by atoms with E-state index in [1.807, 2.05) is 54.6 Å². The molecule has 0 heterocycles. The van der Waals surface area contributed by atoms with Crippen LogP contribution < -0.4 is 0 Å². The first-order chi connectivity index (χ1) is 10.5. The molecule has 0 aliphatic rings. The van der Waals surface area contributed by atoms with Gasteiger partial charge in [0.1, 0.15) is 0 Å². The molecule has 2 unspecified atom stereocenters. The Morgan fingerprint density at radius 3 is 2.27 bits per heavy atom. The van der Waals surface area contributed by atoms with Crippen LogP contribution in [0.4, 0.5) is 0 Å². The summed E-state index contributed by atoms with van der Waals surface area (Å²) in [5, 5.41) is 10.1. The first-order valence-electron chi connectivity index (χ1n) is 7.19. The fourth-order valence-electron chi connectivity index (χ4n) is 2.26. The molecule has 3 heteroatoms. The van der Waals surface area contributed by atoms with Crippen LogP contribution in [0, 0.1) is 0 Å². The highest BCUT2D eigenvalue weighted by molar-refractivity contribution is 5.87. The molecule has 0 amide bonds. The maximum absolute atomic E-state index is 11.8. The molecule has 2 aromatic rings. The minimum absolute atomic E-state index is 0.308. The van der Waals surface area contributed by atoms with Gasteiger partial charge in [-0.1, -0.05) is 61.2 Å². The zero-order valence-corrected chi connectivity index (χ0v) is 12.8. The Kier molecular flexibility index (Phi) is 5.12. The molecule has 0 saturated heterocycles. The molecule has 0 radical (unpaired) electrons. The second-order valence-electron chi connectivity index (χ2n) is 5.30. The number of hydrogen-bond acceptors (Lipinski definition) is 3. The number of ether oxygens (including phenoxy) is 1. The van der Waals surface area contributed by atoms with Gasteiger partial charge in [-0.2, -0.15) is 0 Å². The van der Waals surface area contributed by atoms with E-state index >= 15 is 0 Å². The Hall–Kier alpha value is -2.39. The normalized spacial score (nSPS) is 13.2. The minimum Gasteiger partial charge on any atom is -0.451 e. The average Bonchev–Trinajstić information content (AvgIpc) is 2.53. The van der Waals surface area contributed by atoms with E-state index in [0.29, 0.717) is 5.57 Å². The molecule has 1 N–H and O–H groups in total. The van der Waals surface area contributed by atoms with Crippen LogP contribution in [-0.4, -0.2) is 17.2 Å². The summed E-state index contributed by atoms with van der Waals surface area (Å²) in [7, 11) is 0. The highest BCUT2D eigenvalue weighted by Crippen LogP contribution is 2.32. The lowest BCUT2D eigenvalue weighted by atomic mass is 9.94. The van der Waals surface area contributed by atoms with Crippen LogP contribution in [0.1, 0.15) is 25.5 Å². The van der Waals surface area contributed by atoms with Gasteiger partial charge in [0, 0.05) is 11.1 Å². The minimum atomic E-state index is -0.826. The predicted octanol–water partition coefficient (Wildman–Crippen LogP) is 3.89. The fraction of sp³-hybridized carbons (Fsp3) is 0.211. The molecular formula is C19H20O3. The van der Waals surface area contributed by atoms with Gasteiger partial charge >= 0.3 is 5.97 Å². The molecule has 3 nitrogen and oxygen atoms in total.